The number of benzene rings is 2. The monoisotopic (exact) mass is 151 g/mol. The minimum atomic E-state index is 1.34. The fourth-order valence-corrected chi connectivity index (χ4v) is 1.78. The van der Waals surface area contributed by atoms with Crippen LogP contribution in [-0.2, 0) is 0 Å². The number of hydrogen-bond donors (Lipinski definition) is 0. The summed E-state index contributed by atoms with van der Waals surface area (Å²) in [7, 11) is 0. The van der Waals surface area contributed by atoms with Crippen molar-refractivity contribution in [2.24, 2.45) is 0 Å². The Bertz CT molecular complexity index is 341. The molecule has 0 nitrogen and oxygen atoms in total. The standard InChI is InChI=1S/C12H7/c1-2-6-10-9(5-1)11-7-3-4-8-12(10)11/h1-3,5-8H. The van der Waals surface area contributed by atoms with Gasteiger partial charge in [-0.2, -0.15) is 0 Å². The van der Waals surface area contributed by atoms with E-state index in [0.29, 0.717) is 0 Å². The lowest BCUT2D eigenvalue weighted by Crippen LogP contribution is -1.96. The first-order valence-electron chi connectivity index (χ1n) is 4.07. The lowest BCUT2D eigenvalue weighted by molar-refractivity contribution is 1.52. The van der Waals surface area contributed by atoms with Gasteiger partial charge in [0.2, 0.25) is 0 Å². The van der Waals surface area contributed by atoms with Gasteiger partial charge in [0.1, 0.15) is 0 Å². The highest BCUT2D eigenvalue weighted by Crippen LogP contribution is 2.45. The number of hydrogen-bond acceptors (Lipinski definition) is 0. The molecule has 0 bridgehead atoms. The molecule has 0 atom stereocenters. The molecule has 0 aliphatic heterocycles. The van der Waals surface area contributed by atoms with Crippen LogP contribution in [-0.4, -0.2) is 0 Å². The molecule has 55 valence electrons. The smallest absolute Gasteiger partial charge is 0.00928 e. The van der Waals surface area contributed by atoms with Gasteiger partial charge in [-0.05, 0) is 34.4 Å². The van der Waals surface area contributed by atoms with Crippen molar-refractivity contribution in [1.82, 2.24) is 0 Å². The Morgan fingerprint density at radius 3 is 2.25 bits per heavy atom. The fraction of sp³-hybridized carbons (Fsp3) is 0. The van der Waals surface area contributed by atoms with Gasteiger partial charge in [-0.1, -0.05) is 36.4 Å². The maximum atomic E-state index is 3.09. The first-order chi connectivity index (χ1) is 5.97. The number of rotatable bonds is 0. The van der Waals surface area contributed by atoms with Gasteiger partial charge in [-0.25, -0.2) is 0 Å². The molecule has 0 N–H and O–H groups in total. The van der Waals surface area contributed by atoms with E-state index in [9.17, 15) is 0 Å². The highest BCUT2D eigenvalue weighted by atomic mass is 14.2. The molecule has 3 rings (SSSR count). The minimum Gasteiger partial charge on any atom is -0.0616 e. The zero-order valence-corrected chi connectivity index (χ0v) is 6.54. The van der Waals surface area contributed by atoms with E-state index < -0.39 is 0 Å². The summed E-state index contributed by atoms with van der Waals surface area (Å²) in [6, 6.07) is 17.7. The van der Waals surface area contributed by atoms with Crippen LogP contribution in [0.2, 0.25) is 0 Å². The predicted molar refractivity (Wildman–Crippen MR) is 49.7 cm³/mol. The van der Waals surface area contributed by atoms with E-state index in [0.717, 1.165) is 0 Å². The maximum absolute atomic E-state index is 3.09. The van der Waals surface area contributed by atoms with Gasteiger partial charge >= 0.3 is 0 Å². The summed E-state index contributed by atoms with van der Waals surface area (Å²) >= 11 is 0. The van der Waals surface area contributed by atoms with Crippen LogP contribution < -0.4 is 0 Å². The molecule has 0 unspecified atom stereocenters. The van der Waals surface area contributed by atoms with Crippen LogP contribution in [0.1, 0.15) is 0 Å². The Hall–Kier alpha value is -1.56. The minimum absolute atomic E-state index is 1.34. The Kier molecular flexibility index (Phi) is 0.991. The first kappa shape index (κ1) is 6.01. The second kappa shape index (κ2) is 1.98. The molecule has 1 radical (unpaired) electrons. The number of fused-ring (bicyclic) bond motifs is 4. The summed E-state index contributed by atoms with van der Waals surface area (Å²) in [5.41, 5.74) is 5.45. The Balaban J connectivity index is 2.34. The van der Waals surface area contributed by atoms with Crippen LogP contribution in [0.15, 0.2) is 42.5 Å². The molecule has 0 heteroatoms. The van der Waals surface area contributed by atoms with Crippen molar-refractivity contribution >= 4 is 0 Å². The lowest BCUT2D eigenvalue weighted by Gasteiger charge is -2.22. The second-order valence-electron chi connectivity index (χ2n) is 3.02. The average molecular weight is 151 g/mol. The third-order valence-electron chi connectivity index (χ3n) is 2.37. The summed E-state index contributed by atoms with van der Waals surface area (Å²) in [5, 5.41) is 0. The van der Waals surface area contributed by atoms with Crippen LogP contribution in [0.25, 0.3) is 22.3 Å². The summed E-state index contributed by atoms with van der Waals surface area (Å²) in [6.07, 6.45) is 0. The quantitative estimate of drug-likeness (QED) is 0.463. The molecule has 0 heterocycles. The van der Waals surface area contributed by atoms with E-state index in [1.54, 1.807) is 0 Å². The summed E-state index contributed by atoms with van der Waals surface area (Å²) in [4.78, 5) is 0. The molecule has 2 aromatic carbocycles. The van der Waals surface area contributed by atoms with Crippen molar-refractivity contribution in [1.29, 1.82) is 0 Å². The van der Waals surface area contributed by atoms with Crippen molar-refractivity contribution in [2.75, 3.05) is 0 Å². The Labute approximate surface area is 71.5 Å². The largest absolute Gasteiger partial charge is 0.0616 e. The molecule has 12 heavy (non-hydrogen) atoms. The molecule has 0 aromatic heterocycles. The van der Waals surface area contributed by atoms with E-state index in [-0.39, 0.29) is 0 Å². The first-order valence-corrected chi connectivity index (χ1v) is 4.07. The van der Waals surface area contributed by atoms with Crippen molar-refractivity contribution in [3.8, 4) is 22.3 Å². The molecule has 0 amide bonds. The van der Waals surface area contributed by atoms with E-state index in [1.165, 1.54) is 22.3 Å². The molecular formula is C12H7. The highest BCUT2D eigenvalue weighted by molar-refractivity contribution is 6.01. The van der Waals surface area contributed by atoms with E-state index >= 15 is 0 Å². The van der Waals surface area contributed by atoms with Gasteiger partial charge < -0.3 is 0 Å². The molecule has 0 fully saturated rings. The van der Waals surface area contributed by atoms with Crippen LogP contribution in [0.4, 0.5) is 0 Å². The maximum Gasteiger partial charge on any atom is -0.00928 e. The van der Waals surface area contributed by atoms with Gasteiger partial charge in [-0.3, -0.25) is 0 Å². The van der Waals surface area contributed by atoms with Crippen LogP contribution in [0, 0.1) is 6.07 Å². The lowest BCUT2D eigenvalue weighted by atomic mass is 9.81. The SMILES string of the molecule is [c]1ccc2c(c1)-c1ccccc1-2. The van der Waals surface area contributed by atoms with E-state index in [4.69, 9.17) is 0 Å². The van der Waals surface area contributed by atoms with Crippen molar-refractivity contribution < 1.29 is 0 Å². The van der Waals surface area contributed by atoms with Gasteiger partial charge in [0, 0.05) is 0 Å². The molecule has 0 saturated carbocycles. The summed E-state index contributed by atoms with van der Waals surface area (Å²) < 4.78 is 0. The molecule has 1 aliphatic carbocycles. The third kappa shape index (κ3) is 0.578. The van der Waals surface area contributed by atoms with Gasteiger partial charge in [0.15, 0.2) is 0 Å². The van der Waals surface area contributed by atoms with Gasteiger partial charge in [-0.15, -0.1) is 0 Å². The molecule has 0 saturated heterocycles. The third-order valence-corrected chi connectivity index (χ3v) is 2.37. The van der Waals surface area contributed by atoms with Crippen LogP contribution in [0.5, 0.6) is 0 Å². The Morgan fingerprint density at radius 2 is 1.42 bits per heavy atom. The fourth-order valence-electron chi connectivity index (χ4n) is 1.78. The zero-order chi connectivity index (χ0) is 7.97. The second-order valence-corrected chi connectivity index (χ2v) is 3.02. The van der Waals surface area contributed by atoms with E-state index in [1.807, 2.05) is 6.07 Å². The van der Waals surface area contributed by atoms with Gasteiger partial charge in [0.25, 0.3) is 0 Å². The Morgan fingerprint density at radius 1 is 0.750 bits per heavy atom. The van der Waals surface area contributed by atoms with Crippen molar-refractivity contribution in [2.45, 2.75) is 0 Å². The summed E-state index contributed by atoms with van der Waals surface area (Å²) in [6.45, 7) is 0. The van der Waals surface area contributed by atoms with Crippen LogP contribution >= 0.6 is 0 Å². The predicted octanol–water partition coefficient (Wildman–Crippen LogP) is 3.13. The average Bonchev–Trinajstić information content (AvgIpc) is 2.14. The van der Waals surface area contributed by atoms with E-state index in [2.05, 4.69) is 42.5 Å². The van der Waals surface area contributed by atoms with Crippen LogP contribution in [0.3, 0.4) is 0 Å². The highest BCUT2D eigenvalue weighted by Gasteiger charge is 2.19. The van der Waals surface area contributed by atoms with Crippen molar-refractivity contribution in [3.63, 3.8) is 0 Å². The normalized spacial score (nSPS) is 11.3. The topological polar surface area (TPSA) is 0 Å². The van der Waals surface area contributed by atoms with Gasteiger partial charge in [0.05, 0.1) is 0 Å². The summed E-state index contributed by atoms with van der Waals surface area (Å²) in [5.74, 6) is 0. The molecular weight excluding hydrogens is 144 g/mol. The molecule has 0 spiro atoms. The zero-order valence-electron chi connectivity index (χ0n) is 6.54. The van der Waals surface area contributed by atoms with Crippen molar-refractivity contribution in [3.05, 3.63) is 48.5 Å². The molecule has 2 aromatic rings. The molecule has 1 aliphatic rings.